The van der Waals surface area contributed by atoms with Crippen LogP contribution in [0.15, 0.2) is 0 Å². The van der Waals surface area contributed by atoms with Crippen LogP contribution in [0.5, 0.6) is 0 Å². The van der Waals surface area contributed by atoms with E-state index < -0.39 is 5.41 Å². The predicted molar refractivity (Wildman–Crippen MR) is 40.2 cm³/mol. The second-order valence-electron chi connectivity index (χ2n) is 3.56. The zero-order valence-electron chi connectivity index (χ0n) is 6.92. The molecule has 3 rings (SSSR count). The molecule has 0 aromatic heterocycles. The summed E-state index contributed by atoms with van der Waals surface area (Å²) in [6.07, 6.45) is 1.34. The maximum Gasteiger partial charge on any atom is 0.321 e. The van der Waals surface area contributed by atoms with Crippen molar-refractivity contribution in [1.29, 1.82) is 0 Å². The Balaban J connectivity index is 2.21. The molecule has 0 spiro atoms. The summed E-state index contributed by atoms with van der Waals surface area (Å²) in [5, 5.41) is 2.70. The Hall–Kier alpha value is -1.06. The lowest BCUT2D eigenvalue weighted by molar-refractivity contribution is -0.173. The standard InChI is InChI=1S/C8H11NO3/c1-12-7(11)8-2-5(3-8)4-9-6(8)10/h5H,2-4H2,1H3,(H,9,10). The molecule has 2 bridgehead atoms. The van der Waals surface area contributed by atoms with Gasteiger partial charge in [-0.1, -0.05) is 0 Å². The first-order valence-electron chi connectivity index (χ1n) is 4.06. The fourth-order valence-electron chi connectivity index (χ4n) is 2.12. The number of hydrogen-bond donors (Lipinski definition) is 1. The number of esters is 1. The van der Waals surface area contributed by atoms with Gasteiger partial charge in [0.05, 0.1) is 7.11 Å². The highest BCUT2D eigenvalue weighted by Gasteiger charge is 2.59. The molecule has 0 radical (unpaired) electrons. The van der Waals surface area contributed by atoms with Crippen LogP contribution in [0.2, 0.25) is 0 Å². The van der Waals surface area contributed by atoms with Crippen molar-refractivity contribution >= 4 is 11.9 Å². The molecule has 0 aromatic carbocycles. The Morgan fingerprint density at radius 3 is 2.83 bits per heavy atom. The van der Waals surface area contributed by atoms with E-state index in [2.05, 4.69) is 10.1 Å². The lowest BCUT2D eigenvalue weighted by Gasteiger charge is -2.48. The number of carbonyl (C=O) groups excluding carboxylic acids is 2. The van der Waals surface area contributed by atoms with E-state index in [1.165, 1.54) is 7.11 Å². The van der Waals surface area contributed by atoms with E-state index in [0.717, 1.165) is 6.54 Å². The van der Waals surface area contributed by atoms with Crippen molar-refractivity contribution in [1.82, 2.24) is 5.32 Å². The van der Waals surface area contributed by atoms with Crippen LogP contribution < -0.4 is 5.32 Å². The first-order chi connectivity index (χ1) is 5.69. The topological polar surface area (TPSA) is 55.4 Å². The largest absolute Gasteiger partial charge is 0.468 e. The number of fused-ring (bicyclic) bond motifs is 2. The van der Waals surface area contributed by atoms with Gasteiger partial charge in [0, 0.05) is 6.54 Å². The summed E-state index contributed by atoms with van der Waals surface area (Å²) in [6.45, 7) is 0.720. The molecule has 1 saturated carbocycles. The van der Waals surface area contributed by atoms with Crippen LogP contribution >= 0.6 is 0 Å². The Bertz CT molecular complexity index is 233. The van der Waals surface area contributed by atoms with Gasteiger partial charge in [0.15, 0.2) is 0 Å². The zero-order chi connectivity index (χ0) is 8.77. The summed E-state index contributed by atoms with van der Waals surface area (Å²) >= 11 is 0. The molecule has 3 fully saturated rings. The van der Waals surface area contributed by atoms with E-state index in [1.54, 1.807) is 0 Å². The lowest BCUT2D eigenvalue weighted by Crippen LogP contribution is -2.62. The number of piperidine rings is 2. The van der Waals surface area contributed by atoms with E-state index in [4.69, 9.17) is 0 Å². The van der Waals surface area contributed by atoms with Gasteiger partial charge < -0.3 is 10.1 Å². The Morgan fingerprint density at radius 1 is 1.67 bits per heavy atom. The molecule has 12 heavy (non-hydrogen) atoms. The predicted octanol–water partition coefficient (Wildman–Crippen LogP) is -0.314. The first-order valence-corrected chi connectivity index (χ1v) is 4.06. The van der Waals surface area contributed by atoms with E-state index in [-0.39, 0.29) is 11.9 Å². The van der Waals surface area contributed by atoms with Gasteiger partial charge in [0.2, 0.25) is 5.91 Å². The summed E-state index contributed by atoms with van der Waals surface area (Å²) in [7, 11) is 1.33. The van der Waals surface area contributed by atoms with Crippen molar-refractivity contribution in [3.05, 3.63) is 0 Å². The van der Waals surface area contributed by atoms with Crippen molar-refractivity contribution in [3.8, 4) is 0 Å². The average Bonchev–Trinajstić information content (AvgIpc) is 2.02. The molecular formula is C8H11NO3. The molecule has 2 heterocycles. The Labute approximate surface area is 70.3 Å². The van der Waals surface area contributed by atoms with Gasteiger partial charge in [0.25, 0.3) is 0 Å². The smallest absolute Gasteiger partial charge is 0.321 e. The second-order valence-corrected chi connectivity index (χ2v) is 3.56. The van der Waals surface area contributed by atoms with E-state index in [1.807, 2.05) is 0 Å². The van der Waals surface area contributed by atoms with Crippen LogP contribution in [0.3, 0.4) is 0 Å². The third-order valence-electron chi connectivity index (χ3n) is 2.84. The molecule has 2 aliphatic heterocycles. The number of ether oxygens (including phenoxy) is 1. The molecule has 4 nitrogen and oxygen atoms in total. The van der Waals surface area contributed by atoms with E-state index in [9.17, 15) is 9.59 Å². The van der Waals surface area contributed by atoms with Gasteiger partial charge in [-0.15, -0.1) is 0 Å². The molecule has 0 atom stereocenters. The first kappa shape index (κ1) is 7.58. The van der Waals surface area contributed by atoms with Crippen LogP contribution in [0, 0.1) is 11.3 Å². The summed E-state index contributed by atoms with van der Waals surface area (Å²) < 4.78 is 4.60. The summed E-state index contributed by atoms with van der Waals surface area (Å²) in [5.41, 5.74) is -0.822. The molecule has 3 aliphatic rings. The molecule has 4 heteroatoms. The van der Waals surface area contributed by atoms with Gasteiger partial charge in [-0.2, -0.15) is 0 Å². The van der Waals surface area contributed by atoms with Crippen LogP contribution in [0.25, 0.3) is 0 Å². The lowest BCUT2D eigenvalue weighted by atomic mass is 9.59. The molecule has 66 valence electrons. The average molecular weight is 169 g/mol. The quantitative estimate of drug-likeness (QED) is 0.432. The summed E-state index contributed by atoms with van der Waals surface area (Å²) in [5.74, 6) is -0.0467. The minimum atomic E-state index is -0.822. The molecular weight excluding hydrogens is 158 g/mol. The molecule has 0 aromatic rings. The number of methoxy groups -OCH3 is 1. The van der Waals surface area contributed by atoms with Crippen LogP contribution in [0.4, 0.5) is 0 Å². The number of nitrogens with one attached hydrogen (secondary N) is 1. The van der Waals surface area contributed by atoms with Crippen molar-refractivity contribution < 1.29 is 14.3 Å². The highest BCUT2D eigenvalue weighted by atomic mass is 16.5. The highest BCUT2D eigenvalue weighted by Crippen LogP contribution is 2.49. The molecule has 1 amide bonds. The summed E-state index contributed by atoms with van der Waals surface area (Å²) in [4.78, 5) is 22.6. The summed E-state index contributed by atoms with van der Waals surface area (Å²) in [6, 6.07) is 0. The van der Waals surface area contributed by atoms with Crippen LogP contribution in [-0.2, 0) is 14.3 Å². The number of hydrogen-bond acceptors (Lipinski definition) is 3. The van der Waals surface area contributed by atoms with Crippen LogP contribution in [0.1, 0.15) is 12.8 Å². The SMILES string of the molecule is COC(=O)C12CC(CNC1=O)C2. The highest BCUT2D eigenvalue weighted by molar-refractivity contribution is 6.04. The van der Waals surface area contributed by atoms with Gasteiger partial charge >= 0.3 is 5.97 Å². The van der Waals surface area contributed by atoms with Crippen molar-refractivity contribution in [2.75, 3.05) is 13.7 Å². The van der Waals surface area contributed by atoms with Crippen LogP contribution in [-0.4, -0.2) is 25.5 Å². The number of amides is 1. The fraction of sp³-hybridized carbons (Fsp3) is 0.750. The number of carbonyl (C=O) groups is 2. The molecule has 1 N–H and O–H groups in total. The maximum atomic E-state index is 11.3. The monoisotopic (exact) mass is 169 g/mol. The van der Waals surface area contributed by atoms with Crippen molar-refractivity contribution in [2.24, 2.45) is 11.3 Å². The van der Waals surface area contributed by atoms with E-state index >= 15 is 0 Å². The Morgan fingerprint density at radius 2 is 2.33 bits per heavy atom. The molecule has 0 unspecified atom stereocenters. The Kier molecular flexibility index (Phi) is 1.40. The third kappa shape index (κ3) is 0.722. The van der Waals surface area contributed by atoms with Gasteiger partial charge in [0.1, 0.15) is 5.41 Å². The molecule has 1 aliphatic carbocycles. The van der Waals surface area contributed by atoms with Gasteiger partial charge in [-0.05, 0) is 18.8 Å². The third-order valence-corrected chi connectivity index (χ3v) is 2.84. The minimum Gasteiger partial charge on any atom is -0.468 e. The number of rotatable bonds is 1. The second kappa shape index (κ2) is 2.21. The maximum absolute atomic E-state index is 11.3. The van der Waals surface area contributed by atoms with E-state index in [0.29, 0.717) is 18.8 Å². The van der Waals surface area contributed by atoms with Gasteiger partial charge in [-0.25, -0.2) is 0 Å². The van der Waals surface area contributed by atoms with Crippen molar-refractivity contribution in [3.63, 3.8) is 0 Å². The van der Waals surface area contributed by atoms with Crippen molar-refractivity contribution in [2.45, 2.75) is 12.8 Å². The molecule has 2 saturated heterocycles. The zero-order valence-corrected chi connectivity index (χ0v) is 6.92. The van der Waals surface area contributed by atoms with Gasteiger partial charge in [-0.3, -0.25) is 9.59 Å². The normalized spacial score (nSPS) is 38.1. The minimum absolute atomic E-state index is 0.156. The fourth-order valence-corrected chi connectivity index (χ4v) is 2.12.